The molecule has 0 spiro atoms. The van der Waals surface area contributed by atoms with Crippen molar-refractivity contribution in [3.8, 4) is 11.3 Å². The van der Waals surface area contributed by atoms with Gasteiger partial charge in [-0.1, -0.05) is 30.3 Å². The quantitative estimate of drug-likeness (QED) is 0.421. The molecule has 0 radical (unpaired) electrons. The lowest BCUT2D eigenvalue weighted by atomic mass is 10.1. The lowest BCUT2D eigenvalue weighted by Gasteiger charge is -2.29. The number of aromatic nitrogens is 3. The monoisotopic (exact) mass is 498 g/mol. The number of hydrogen-bond donors (Lipinski definition) is 2. The number of ether oxygens (including phenoxy) is 2. The third kappa shape index (κ3) is 4.89. The standard InChI is InChI=1S/C27H26N6O4/c34-26(18-5-2-1-3-6-18)28-20-8-4-7-19(13-20)22-15-25(32-9-11-36-12-10-32)33-24(30-22)14-23(31-33)27(35)29-21-16-37-17-21/h1-8,13-15,21H,9-12,16-17H2,(H,28,34)(H,29,35). The predicted molar refractivity (Wildman–Crippen MR) is 138 cm³/mol. The number of anilines is 2. The van der Waals surface area contributed by atoms with E-state index in [0.717, 1.165) is 11.4 Å². The molecule has 37 heavy (non-hydrogen) atoms. The third-order valence-corrected chi connectivity index (χ3v) is 6.40. The molecule has 0 atom stereocenters. The highest BCUT2D eigenvalue weighted by Gasteiger charge is 2.24. The van der Waals surface area contributed by atoms with Crippen LogP contribution in [0, 0.1) is 0 Å². The molecule has 2 saturated heterocycles. The van der Waals surface area contributed by atoms with Gasteiger partial charge in [0.05, 0.1) is 38.2 Å². The van der Waals surface area contributed by atoms with Gasteiger partial charge in [-0.2, -0.15) is 9.61 Å². The molecule has 0 saturated carbocycles. The molecule has 2 aromatic carbocycles. The van der Waals surface area contributed by atoms with E-state index >= 15 is 0 Å². The molecule has 0 aliphatic carbocycles. The zero-order valence-electron chi connectivity index (χ0n) is 20.1. The fraction of sp³-hybridized carbons (Fsp3) is 0.259. The van der Waals surface area contributed by atoms with Crippen LogP contribution in [-0.4, -0.2) is 72.0 Å². The zero-order valence-corrected chi connectivity index (χ0v) is 20.1. The number of carbonyl (C=O) groups excluding carboxylic acids is 2. The van der Waals surface area contributed by atoms with Crippen LogP contribution in [0.4, 0.5) is 11.5 Å². The van der Waals surface area contributed by atoms with Gasteiger partial charge in [0.2, 0.25) is 0 Å². The van der Waals surface area contributed by atoms with E-state index in [0.29, 0.717) is 67.8 Å². The Kier molecular flexibility index (Phi) is 6.25. The first-order valence-corrected chi connectivity index (χ1v) is 12.2. The van der Waals surface area contributed by atoms with Crippen molar-refractivity contribution in [2.75, 3.05) is 49.7 Å². The van der Waals surface area contributed by atoms with Gasteiger partial charge in [-0.05, 0) is 24.3 Å². The van der Waals surface area contributed by atoms with Gasteiger partial charge < -0.3 is 25.0 Å². The van der Waals surface area contributed by atoms with Crippen LogP contribution in [0.2, 0.25) is 0 Å². The average Bonchev–Trinajstić information content (AvgIpc) is 3.36. The van der Waals surface area contributed by atoms with E-state index in [-0.39, 0.29) is 17.9 Å². The van der Waals surface area contributed by atoms with Crippen molar-refractivity contribution in [3.63, 3.8) is 0 Å². The summed E-state index contributed by atoms with van der Waals surface area (Å²) in [6.07, 6.45) is 0. The highest BCUT2D eigenvalue weighted by Crippen LogP contribution is 2.28. The Hall–Kier alpha value is -4.28. The van der Waals surface area contributed by atoms with E-state index in [1.54, 1.807) is 22.7 Å². The summed E-state index contributed by atoms with van der Waals surface area (Å²) in [5.74, 6) is 0.394. The summed E-state index contributed by atoms with van der Waals surface area (Å²) in [6, 6.07) is 20.3. The van der Waals surface area contributed by atoms with Crippen molar-refractivity contribution in [1.82, 2.24) is 19.9 Å². The molecule has 2 aromatic heterocycles. The molecule has 4 aromatic rings. The molecule has 10 heteroatoms. The van der Waals surface area contributed by atoms with E-state index in [2.05, 4.69) is 20.6 Å². The number of amides is 2. The summed E-state index contributed by atoms with van der Waals surface area (Å²) in [6.45, 7) is 3.64. The third-order valence-electron chi connectivity index (χ3n) is 6.40. The number of fused-ring (bicyclic) bond motifs is 1. The second-order valence-corrected chi connectivity index (χ2v) is 9.01. The maximum atomic E-state index is 12.8. The van der Waals surface area contributed by atoms with Crippen LogP contribution in [0.25, 0.3) is 16.9 Å². The Bertz CT molecular complexity index is 1440. The molecular weight excluding hydrogens is 472 g/mol. The van der Waals surface area contributed by atoms with Crippen molar-refractivity contribution < 1.29 is 19.1 Å². The number of hydrogen-bond acceptors (Lipinski definition) is 7. The van der Waals surface area contributed by atoms with Gasteiger partial charge in [0.15, 0.2) is 11.3 Å². The minimum absolute atomic E-state index is 0.00776. The molecule has 10 nitrogen and oxygen atoms in total. The van der Waals surface area contributed by atoms with Gasteiger partial charge in [0.1, 0.15) is 5.82 Å². The second kappa shape index (κ2) is 10.00. The molecule has 0 unspecified atom stereocenters. The number of carbonyl (C=O) groups is 2. The fourth-order valence-electron chi connectivity index (χ4n) is 4.36. The molecule has 4 heterocycles. The number of nitrogens with one attached hydrogen (secondary N) is 2. The first-order chi connectivity index (χ1) is 18.1. The zero-order chi connectivity index (χ0) is 25.2. The van der Waals surface area contributed by atoms with Crippen molar-refractivity contribution in [3.05, 3.63) is 78.0 Å². The van der Waals surface area contributed by atoms with E-state index in [4.69, 9.17) is 14.5 Å². The fourth-order valence-corrected chi connectivity index (χ4v) is 4.36. The van der Waals surface area contributed by atoms with Crippen LogP contribution < -0.4 is 15.5 Å². The van der Waals surface area contributed by atoms with E-state index in [1.807, 2.05) is 48.5 Å². The number of rotatable bonds is 6. The normalized spacial score (nSPS) is 15.8. The summed E-state index contributed by atoms with van der Waals surface area (Å²) in [7, 11) is 0. The van der Waals surface area contributed by atoms with Crippen molar-refractivity contribution in [2.45, 2.75) is 6.04 Å². The molecule has 2 amide bonds. The number of nitrogens with zero attached hydrogens (tertiary/aromatic N) is 4. The number of morpholine rings is 1. The maximum Gasteiger partial charge on any atom is 0.272 e. The van der Waals surface area contributed by atoms with E-state index in [9.17, 15) is 9.59 Å². The highest BCUT2D eigenvalue weighted by molar-refractivity contribution is 6.04. The van der Waals surface area contributed by atoms with Gasteiger partial charge in [-0.3, -0.25) is 9.59 Å². The molecule has 2 aliphatic rings. The van der Waals surface area contributed by atoms with Crippen molar-refractivity contribution in [1.29, 1.82) is 0 Å². The first-order valence-electron chi connectivity index (χ1n) is 12.2. The predicted octanol–water partition coefficient (Wildman–Crippen LogP) is 2.61. The lowest BCUT2D eigenvalue weighted by molar-refractivity contribution is -0.00355. The van der Waals surface area contributed by atoms with Gasteiger partial charge in [-0.15, -0.1) is 0 Å². The number of benzene rings is 2. The maximum absolute atomic E-state index is 12.8. The largest absolute Gasteiger partial charge is 0.378 e. The molecular formula is C27H26N6O4. The minimum atomic E-state index is -0.251. The Balaban J connectivity index is 1.35. The van der Waals surface area contributed by atoms with Crippen LogP contribution in [0.3, 0.4) is 0 Å². The Morgan fingerprint density at radius 2 is 1.70 bits per heavy atom. The van der Waals surface area contributed by atoms with E-state index < -0.39 is 0 Å². The summed E-state index contributed by atoms with van der Waals surface area (Å²) >= 11 is 0. The SMILES string of the molecule is O=C(Nc1cccc(-c2cc(N3CCOCC3)n3nc(C(=O)NC4COC4)cc3n2)c1)c1ccccc1. The summed E-state index contributed by atoms with van der Waals surface area (Å²) in [5, 5.41) is 10.5. The van der Waals surface area contributed by atoms with Crippen LogP contribution in [-0.2, 0) is 9.47 Å². The second-order valence-electron chi connectivity index (χ2n) is 9.01. The smallest absolute Gasteiger partial charge is 0.272 e. The van der Waals surface area contributed by atoms with Gasteiger partial charge in [0, 0.05) is 42.0 Å². The van der Waals surface area contributed by atoms with Crippen LogP contribution in [0.5, 0.6) is 0 Å². The van der Waals surface area contributed by atoms with Crippen LogP contribution >= 0.6 is 0 Å². The molecule has 2 fully saturated rings. The van der Waals surface area contributed by atoms with Crippen LogP contribution in [0.1, 0.15) is 20.8 Å². The van der Waals surface area contributed by atoms with E-state index in [1.165, 1.54) is 0 Å². The highest BCUT2D eigenvalue weighted by atomic mass is 16.5. The van der Waals surface area contributed by atoms with Crippen molar-refractivity contribution in [2.24, 2.45) is 0 Å². The Morgan fingerprint density at radius 1 is 0.892 bits per heavy atom. The van der Waals surface area contributed by atoms with Crippen molar-refractivity contribution >= 4 is 29.0 Å². The molecule has 6 rings (SSSR count). The summed E-state index contributed by atoms with van der Waals surface area (Å²) in [4.78, 5) is 32.4. The summed E-state index contributed by atoms with van der Waals surface area (Å²) < 4.78 is 12.4. The Labute approximate surface area is 213 Å². The molecule has 188 valence electrons. The van der Waals surface area contributed by atoms with Gasteiger partial charge >= 0.3 is 0 Å². The van der Waals surface area contributed by atoms with Gasteiger partial charge in [-0.25, -0.2) is 4.98 Å². The van der Waals surface area contributed by atoms with Crippen LogP contribution in [0.15, 0.2) is 66.7 Å². The minimum Gasteiger partial charge on any atom is -0.378 e. The average molecular weight is 499 g/mol. The molecule has 2 aliphatic heterocycles. The lowest BCUT2D eigenvalue weighted by Crippen LogP contribution is -2.48. The molecule has 0 bridgehead atoms. The van der Waals surface area contributed by atoms with Gasteiger partial charge in [0.25, 0.3) is 11.8 Å². The summed E-state index contributed by atoms with van der Waals surface area (Å²) in [5.41, 5.74) is 3.66. The topological polar surface area (TPSA) is 110 Å². The Morgan fingerprint density at radius 3 is 2.46 bits per heavy atom. The first kappa shape index (κ1) is 23.1. The molecule has 2 N–H and O–H groups in total.